The van der Waals surface area contributed by atoms with Gasteiger partial charge >= 0.3 is 5.97 Å². The number of carboxylic acid groups (broad SMARTS) is 1. The topological polar surface area (TPSA) is 58.6 Å². The van der Waals surface area contributed by atoms with Crippen LogP contribution < -0.4 is 10.1 Å². The third-order valence-corrected chi connectivity index (χ3v) is 5.48. The number of methoxy groups -OCH3 is 1. The van der Waals surface area contributed by atoms with Gasteiger partial charge in [-0.1, -0.05) is 30.4 Å². The third-order valence-electron chi connectivity index (χ3n) is 5.48. The molecular formula is C21H21NO3. The van der Waals surface area contributed by atoms with Crippen molar-refractivity contribution in [2.24, 2.45) is 5.92 Å². The van der Waals surface area contributed by atoms with E-state index >= 15 is 0 Å². The van der Waals surface area contributed by atoms with Crippen molar-refractivity contribution in [3.05, 3.63) is 70.8 Å². The van der Waals surface area contributed by atoms with Crippen molar-refractivity contribution in [1.82, 2.24) is 0 Å². The van der Waals surface area contributed by atoms with E-state index in [0.29, 0.717) is 17.4 Å². The SMILES string of the molecule is COc1cccc([C@H]2Nc3c(ccc(C(=O)O)c3C)[C@@H]3C=CC[C@H]23)c1. The molecule has 4 nitrogen and oxygen atoms in total. The number of hydrogen-bond acceptors (Lipinski definition) is 3. The van der Waals surface area contributed by atoms with E-state index in [1.165, 1.54) is 11.1 Å². The smallest absolute Gasteiger partial charge is 0.336 e. The van der Waals surface area contributed by atoms with Gasteiger partial charge in [0.2, 0.25) is 0 Å². The van der Waals surface area contributed by atoms with E-state index in [2.05, 4.69) is 29.6 Å². The van der Waals surface area contributed by atoms with Crippen LogP contribution in [-0.4, -0.2) is 18.2 Å². The van der Waals surface area contributed by atoms with Gasteiger partial charge in [0, 0.05) is 11.6 Å². The first-order chi connectivity index (χ1) is 12.1. The molecule has 128 valence electrons. The van der Waals surface area contributed by atoms with Crippen LogP contribution in [0.15, 0.2) is 48.6 Å². The Labute approximate surface area is 147 Å². The second-order valence-corrected chi connectivity index (χ2v) is 6.76. The van der Waals surface area contributed by atoms with Crippen LogP contribution in [0.1, 0.15) is 45.4 Å². The summed E-state index contributed by atoms with van der Waals surface area (Å²) in [6, 6.07) is 11.9. The third kappa shape index (κ3) is 2.49. The molecule has 1 aliphatic heterocycles. The Hall–Kier alpha value is -2.75. The lowest BCUT2D eigenvalue weighted by molar-refractivity contribution is 0.0696. The average molecular weight is 335 g/mol. The van der Waals surface area contributed by atoms with Crippen molar-refractivity contribution >= 4 is 11.7 Å². The number of allylic oxidation sites excluding steroid dienone is 2. The molecule has 0 fully saturated rings. The van der Waals surface area contributed by atoms with Crippen molar-refractivity contribution in [2.45, 2.75) is 25.3 Å². The van der Waals surface area contributed by atoms with E-state index in [-0.39, 0.29) is 6.04 Å². The van der Waals surface area contributed by atoms with Gasteiger partial charge in [-0.2, -0.15) is 0 Å². The molecule has 2 N–H and O–H groups in total. The van der Waals surface area contributed by atoms with Gasteiger partial charge in [0.1, 0.15) is 5.75 Å². The summed E-state index contributed by atoms with van der Waals surface area (Å²) in [5.41, 5.74) is 4.48. The van der Waals surface area contributed by atoms with Gasteiger partial charge in [0.05, 0.1) is 18.7 Å². The highest BCUT2D eigenvalue weighted by Gasteiger charge is 2.39. The molecule has 4 heteroatoms. The van der Waals surface area contributed by atoms with Crippen molar-refractivity contribution < 1.29 is 14.6 Å². The Morgan fingerprint density at radius 1 is 1.28 bits per heavy atom. The Kier molecular flexibility index (Phi) is 3.75. The normalized spacial score (nSPS) is 23.5. The summed E-state index contributed by atoms with van der Waals surface area (Å²) in [5, 5.41) is 13.1. The zero-order chi connectivity index (χ0) is 17.6. The number of ether oxygens (including phenoxy) is 1. The standard InChI is InChI=1S/C21H21NO3/c1-12-15(21(23)24)9-10-18-16-7-4-8-17(16)20(22-19(12)18)13-5-3-6-14(11-13)25-2/h3-7,9-11,16-17,20,22H,8H2,1-2H3,(H,23,24)/t16-,17+,20-/m1/s1. The maximum atomic E-state index is 11.5. The van der Waals surface area contributed by atoms with Crippen LogP contribution in [0.3, 0.4) is 0 Å². The predicted molar refractivity (Wildman–Crippen MR) is 97.5 cm³/mol. The van der Waals surface area contributed by atoms with Crippen LogP contribution >= 0.6 is 0 Å². The van der Waals surface area contributed by atoms with Crippen LogP contribution in [0.2, 0.25) is 0 Å². The fourth-order valence-corrected chi connectivity index (χ4v) is 4.21. The molecule has 0 radical (unpaired) electrons. The van der Waals surface area contributed by atoms with E-state index in [0.717, 1.165) is 23.4 Å². The molecule has 0 spiro atoms. The van der Waals surface area contributed by atoms with Crippen molar-refractivity contribution in [1.29, 1.82) is 0 Å². The first-order valence-electron chi connectivity index (χ1n) is 8.54. The average Bonchev–Trinajstić information content (AvgIpc) is 3.11. The Morgan fingerprint density at radius 2 is 2.12 bits per heavy atom. The second kappa shape index (κ2) is 5.96. The van der Waals surface area contributed by atoms with Crippen molar-refractivity contribution in [2.75, 3.05) is 12.4 Å². The van der Waals surface area contributed by atoms with Crippen LogP contribution in [-0.2, 0) is 0 Å². The van der Waals surface area contributed by atoms with E-state index in [1.807, 2.05) is 25.1 Å². The second-order valence-electron chi connectivity index (χ2n) is 6.76. The fraction of sp³-hybridized carbons (Fsp3) is 0.286. The molecule has 0 saturated heterocycles. The number of nitrogens with one attached hydrogen (secondary N) is 1. The minimum Gasteiger partial charge on any atom is -0.497 e. The van der Waals surface area contributed by atoms with E-state index in [1.54, 1.807) is 13.2 Å². The van der Waals surface area contributed by atoms with Crippen LogP contribution in [0.4, 0.5) is 5.69 Å². The summed E-state index contributed by atoms with van der Waals surface area (Å²) in [7, 11) is 1.67. The zero-order valence-electron chi connectivity index (χ0n) is 14.3. The van der Waals surface area contributed by atoms with Gasteiger partial charge in [0.25, 0.3) is 0 Å². The van der Waals surface area contributed by atoms with Crippen LogP contribution in [0.5, 0.6) is 5.75 Å². The molecule has 1 heterocycles. The fourth-order valence-electron chi connectivity index (χ4n) is 4.21. The molecule has 2 aliphatic rings. The van der Waals surface area contributed by atoms with Gasteiger partial charge in [-0.15, -0.1) is 0 Å². The van der Waals surface area contributed by atoms with Crippen molar-refractivity contribution in [3.8, 4) is 5.75 Å². The molecule has 1 aliphatic carbocycles. The lowest BCUT2D eigenvalue weighted by Crippen LogP contribution is -2.30. The Bertz CT molecular complexity index is 871. The van der Waals surface area contributed by atoms with Gasteiger partial charge in [-0.3, -0.25) is 0 Å². The summed E-state index contributed by atoms with van der Waals surface area (Å²) >= 11 is 0. The van der Waals surface area contributed by atoms with Gasteiger partial charge in [0.15, 0.2) is 0 Å². The first-order valence-corrected chi connectivity index (χ1v) is 8.54. The van der Waals surface area contributed by atoms with E-state index in [9.17, 15) is 9.90 Å². The number of aromatic carboxylic acids is 1. The number of anilines is 1. The van der Waals surface area contributed by atoms with E-state index < -0.39 is 5.97 Å². The first kappa shape index (κ1) is 15.8. The molecule has 4 rings (SSSR count). The van der Waals surface area contributed by atoms with Gasteiger partial charge in [-0.05, 0) is 54.2 Å². The Balaban J connectivity index is 1.83. The highest BCUT2D eigenvalue weighted by molar-refractivity contribution is 5.92. The number of hydrogen-bond donors (Lipinski definition) is 2. The maximum absolute atomic E-state index is 11.5. The number of carboxylic acids is 1. The highest BCUT2D eigenvalue weighted by Crippen LogP contribution is 2.51. The van der Waals surface area contributed by atoms with Gasteiger partial charge < -0.3 is 15.2 Å². The highest BCUT2D eigenvalue weighted by atomic mass is 16.5. The molecule has 2 aromatic carbocycles. The predicted octanol–water partition coefficient (Wildman–Crippen LogP) is 4.53. The number of fused-ring (bicyclic) bond motifs is 3. The molecule has 0 amide bonds. The molecule has 0 unspecified atom stereocenters. The molecule has 2 aromatic rings. The minimum atomic E-state index is -0.885. The van der Waals surface area contributed by atoms with Gasteiger partial charge in [-0.25, -0.2) is 4.79 Å². The summed E-state index contributed by atoms with van der Waals surface area (Å²) in [6.07, 6.45) is 5.51. The minimum absolute atomic E-state index is 0.130. The largest absolute Gasteiger partial charge is 0.497 e. The van der Waals surface area contributed by atoms with E-state index in [4.69, 9.17) is 4.74 Å². The molecule has 0 saturated carbocycles. The number of carbonyl (C=O) groups is 1. The molecular weight excluding hydrogens is 314 g/mol. The number of benzene rings is 2. The molecule has 3 atom stereocenters. The monoisotopic (exact) mass is 335 g/mol. The molecule has 0 bridgehead atoms. The summed E-state index contributed by atoms with van der Waals surface area (Å²) in [6.45, 7) is 1.89. The molecule has 25 heavy (non-hydrogen) atoms. The Morgan fingerprint density at radius 3 is 2.88 bits per heavy atom. The van der Waals surface area contributed by atoms with Crippen LogP contribution in [0, 0.1) is 12.8 Å². The van der Waals surface area contributed by atoms with Crippen LogP contribution in [0.25, 0.3) is 0 Å². The summed E-state index contributed by atoms with van der Waals surface area (Å²) in [4.78, 5) is 11.5. The lowest BCUT2D eigenvalue weighted by Gasteiger charge is -2.38. The molecule has 0 aromatic heterocycles. The quantitative estimate of drug-likeness (QED) is 0.809. The maximum Gasteiger partial charge on any atom is 0.336 e. The number of rotatable bonds is 3. The summed E-state index contributed by atoms with van der Waals surface area (Å²) < 4.78 is 5.38. The van der Waals surface area contributed by atoms with Crippen molar-refractivity contribution in [3.63, 3.8) is 0 Å². The zero-order valence-corrected chi connectivity index (χ0v) is 14.3. The summed E-state index contributed by atoms with van der Waals surface area (Å²) in [5.74, 6) is 0.691. The lowest BCUT2D eigenvalue weighted by atomic mass is 9.76.